The van der Waals surface area contributed by atoms with Crippen molar-refractivity contribution >= 4 is 23.3 Å². The normalized spacial score (nSPS) is 36.3. The third-order valence-corrected chi connectivity index (χ3v) is 10.2. The maximum Gasteiger partial charge on any atom is 0.230 e. The van der Waals surface area contributed by atoms with Crippen LogP contribution >= 0.6 is 0 Å². The fourth-order valence-electron chi connectivity index (χ4n) is 8.67. The molecule has 0 radical (unpaired) electrons. The number of carbonyl (C=O) groups is 4. The Balaban J connectivity index is 1.67. The van der Waals surface area contributed by atoms with Crippen LogP contribution in [-0.2, 0) is 22.4 Å². The van der Waals surface area contributed by atoms with Gasteiger partial charge in [0, 0.05) is 17.4 Å². The van der Waals surface area contributed by atoms with Gasteiger partial charge in [0.15, 0.2) is 23.0 Å². The van der Waals surface area contributed by atoms with E-state index in [1.54, 1.807) is 27.7 Å². The third kappa shape index (κ3) is 3.93. The predicted molar refractivity (Wildman–Crippen MR) is 148 cm³/mol. The van der Waals surface area contributed by atoms with Gasteiger partial charge in [-0.3, -0.25) is 19.2 Å². The van der Waals surface area contributed by atoms with Crippen LogP contribution in [0.25, 0.3) is 0 Å². The van der Waals surface area contributed by atoms with Crippen LogP contribution in [0.15, 0.2) is 42.5 Å². The van der Waals surface area contributed by atoms with Crippen molar-refractivity contribution in [2.75, 3.05) is 0 Å². The summed E-state index contributed by atoms with van der Waals surface area (Å²) in [6.45, 7) is 6.93. The molecule has 218 valence electrons. The molecule has 2 fully saturated rings. The molecule has 8 atom stereocenters. The van der Waals surface area contributed by atoms with Crippen LogP contribution in [0.5, 0.6) is 5.75 Å². The van der Waals surface area contributed by atoms with Crippen molar-refractivity contribution in [2.24, 2.45) is 40.2 Å². The van der Waals surface area contributed by atoms with Gasteiger partial charge in [0.25, 0.3) is 0 Å². The molecule has 0 spiro atoms. The van der Waals surface area contributed by atoms with E-state index < -0.39 is 63.9 Å². The number of aliphatic hydroxyl groups is 3. The molecule has 1 amide bonds. The highest BCUT2D eigenvalue weighted by atomic mass is 16.4. The summed E-state index contributed by atoms with van der Waals surface area (Å²) in [5.74, 6) is -7.81. The second-order valence-corrected chi connectivity index (χ2v) is 13.1. The zero-order chi connectivity index (χ0) is 30.2. The minimum Gasteiger partial charge on any atom is -0.507 e. The first-order valence-electron chi connectivity index (χ1n) is 14.0. The molecule has 0 aliphatic heterocycles. The predicted octanol–water partition coefficient (Wildman–Crippen LogP) is 2.00. The van der Waals surface area contributed by atoms with E-state index in [2.05, 4.69) is 0 Å². The second kappa shape index (κ2) is 9.58. The van der Waals surface area contributed by atoms with Crippen LogP contribution in [0.3, 0.4) is 0 Å². The van der Waals surface area contributed by atoms with E-state index in [0.29, 0.717) is 5.56 Å². The Kier molecular flexibility index (Phi) is 6.80. The SMILES string of the molecule is CC(C)[C@H]1C(O)[C@@H](C(N)=O)C(=O)[C@]2(O)C(O)[C@H]3C(=O)c4c(O)ccc(C(=O)Cc5ccccc5)c4C[C@]3(C)C[C@]12C. The van der Waals surface area contributed by atoms with E-state index in [-0.39, 0.29) is 47.8 Å². The van der Waals surface area contributed by atoms with Crippen LogP contribution in [0.4, 0.5) is 0 Å². The maximum atomic E-state index is 14.1. The number of ketones is 3. The molecule has 0 aromatic heterocycles. The summed E-state index contributed by atoms with van der Waals surface area (Å²) >= 11 is 0. The fourth-order valence-corrected chi connectivity index (χ4v) is 8.67. The molecule has 2 saturated carbocycles. The van der Waals surface area contributed by atoms with Crippen molar-refractivity contribution in [1.82, 2.24) is 0 Å². The zero-order valence-electron chi connectivity index (χ0n) is 23.6. The largest absolute Gasteiger partial charge is 0.507 e. The second-order valence-electron chi connectivity index (χ2n) is 13.1. The zero-order valence-corrected chi connectivity index (χ0v) is 23.6. The Morgan fingerprint density at radius 2 is 1.68 bits per heavy atom. The van der Waals surface area contributed by atoms with Crippen molar-refractivity contribution in [2.45, 2.75) is 64.8 Å². The van der Waals surface area contributed by atoms with Crippen LogP contribution in [0.1, 0.15) is 66.0 Å². The molecule has 5 rings (SSSR count). The molecule has 3 aliphatic rings. The molecule has 2 unspecified atom stereocenters. The molecule has 0 saturated heterocycles. The van der Waals surface area contributed by atoms with Gasteiger partial charge in [0.1, 0.15) is 17.8 Å². The summed E-state index contributed by atoms with van der Waals surface area (Å²) in [5.41, 5.74) is 1.70. The summed E-state index contributed by atoms with van der Waals surface area (Å²) < 4.78 is 0. The van der Waals surface area contributed by atoms with E-state index in [1.807, 2.05) is 30.3 Å². The summed E-state index contributed by atoms with van der Waals surface area (Å²) in [6.07, 6.45) is -3.27. The highest BCUT2D eigenvalue weighted by Crippen LogP contribution is 2.65. The third-order valence-electron chi connectivity index (χ3n) is 10.2. The number of carbonyl (C=O) groups excluding carboxylic acids is 4. The number of fused-ring (bicyclic) bond motifs is 3. The number of phenolic OH excluding ortho intramolecular Hbond substituents is 1. The van der Waals surface area contributed by atoms with E-state index >= 15 is 0 Å². The van der Waals surface area contributed by atoms with Gasteiger partial charge in [-0.2, -0.15) is 0 Å². The summed E-state index contributed by atoms with van der Waals surface area (Å²) in [7, 11) is 0. The van der Waals surface area contributed by atoms with Gasteiger partial charge in [-0.1, -0.05) is 58.0 Å². The number of hydrogen-bond donors (Lipinski definition) is 5. The molecule has 2 aromatic carbocycles. The smallest absolute Gasteiger partial charge is 0.230 e. The first kappa shape index (κ1) is 29.1. The Morgan fingerprint density at radius 1 is 1.05 bits per heavy atom. The number of benzene rings is 2. The van der Waals surface area contributed by atoms with Gasteiger partial charge in [-0.25, -0.2) is 0 Å². The Morgan fingerprint density at radius 3 is 2.27 bits per heavy atom. The van der Waals surface area contributed by atoms with Crippen molar-refractivity contribution < 1.29 is 39.6 Å². The Bertz CT molecular complexity index is 1450. The number of aromatic hydroxyl groups is 1. The Labute approximate surface area is 238 Å². The summed E-state index contributed by atoms with van der Waals surface area (Å²) in [4.78, 5) is 53.7. The van der Waals surface area contributed by atoms with Gasteiger partial charge >= 0.3 is 0 Å². The molecule has 6 N–H and O–H groups in total. The van der Waals surface area contributed by atoms with Crippen LogP contribution in [-0.4, -0.2) is 61.5 Å². The van der Waals surface area contributed by atoms with E-state index in [0.717, 1.165) is 5.56 Å². The number of primary amides is 1. The molecule has 0 heterocycles. The van der Waals surface area contributed by atoms with Crippen LogP contribution in [0.2, 0.25) is 0 Å². The lowest BCUT2D eigenvalue weighted by Crippen LogP contribution is -2.79. The van der Waals surface area contributed by atoms with E-state index in [9.17, 15) is 39.6 Å². The number of amides is 1. The number of hydrogen-bond acceptors (Lipinski definition) is 8. The van der Waals surface area contributed by atoms with Gasteiger partial charge in [0.05, 0.1) is 17.6 Å². The number of rotatable bonds is 5. The number of phenols is 1. The van der Waals surface area contributed by atoms with Crippen molar-refractivity contribution in [1.29, 1.82) is 0 Å². The number of aliphatic hydroxyl groups excluding tert-OH is 2. The molecule has 41 heavy (non-hydrogen) atoms. The standard InChI is InChI=1S/C32H37NO8/c1-15(2)23-26(37)22(29(33)40)27(38)32(41)28(39)24-25(36)21-18(13-30(24,3)14-31(23,32)4)17(10-11-19(21)34)20(35)12-16-8-6-5-7-9-16/h5-11,15,22-24,26,28,34,37,39,41H,12-14H2,1-4H3,(H2,33,40)/t22-,23+,24-,26?,28?,30-,31-,32+/m1/s1. The lowest BCUT2D eigenvalue weighted by atomic mass is 9.39. The monoisotopic (exact) mass is 563 g/mol. The lowest BCUT2D eigenvalue weighted by molar-refractivity contribution is -0.265. The fraction of sp³-hybridized carbons (Fsp3) is 0.500. The number of nitrogens with two attached hydrogens (primary N) is 1. The summed E-state index contributed by atoms with van der Waals surface area (Å²) in [6, 6.07) is 11.9. The van der Waals surface area contributed by atoms with Crippen LogP contribution < -0.4 is 5.73 Å². The van der Waals surface area contributed by atoms with Crippen molar-refractivity contribution in [3.05, 3.63) is 64.7 Å². The topological polar surface area (TPSA) is 175 Å². The molecular weight excluding hydrogens is 526 g/mol. The molecule has 9 heteroatoms. The van der Waals surface area contributed by atoms with Crippen molar-refractivity contribution in [3.63, 3.8) is 0 Å². The summed E-state index contributed by atoms with van der Waals surface area (Å²) in [5, 5.41) is 46.1. The first-order chi connectivity index (χ1) is 19.1. The highest BCUT2D eigenvalue weighted by molar-refractivity contribution is 6.10. The van der Waals surface area contributed by atoms with Gasteiger partial charge in [-0.05, 0) is 53.4 Å². The molecular formula is C32H37NO8. The van der Waals surface area contributed by atoms with E-state index in [1.165, 1.54) is 12.1 Å². The average Bonchev–Trinajstić information content (AvgIpc) is 2.86. The highest BCUT2D eigenvalue weighted by Gasteiger charge is 2.75. The quantitative estimate of drug-likeness (QED) is 0.271. The Hall–Kier alpha value is -3.40. The van der Waals surface area contributed by atoms with Gasteiger partial charge in [-0.15, -0.1) is 0 Å². The first-order valence-corrected chi connectivity index (χ1v) is 14.0. The molecule has 2 aromatic rings. The van der Waals surface area contributed by atoms with Gasteiger partial charge < -0.3 is 26.2 Å². The molecule has 3 aliphatic carbocycles. The lowest BCUT2D eigenvalue weighted by Gasteiger charge is -2.66. The minimum absolute atomic E-state index is 0.0164. The maximum absolute atomic E-state index is 14.1. The van der Waals surface area contributed by atoms with Crippen LogP contribution in [0, 0.1) is 34.5 Å². The number of Topliss-reactive ketones (excluding diaryl/α,β-unsaturated/α-hetero) is 3. The average molecular weight is 564 g/mol. The van der Waals surface area contributed by atoms with E-state index in [4.69, 9.17) is 5.73 Å². The van der Waals surface area contributed by atoms with Gasteiger partial charge in [0.2, 0.25) is 5.91 Å². The minimum atomic E-state index is -2.57. The molecule has 0 bridgehead atoms. The molecule has 9 nitrogen and oxygen atoms in total. The van der Waals surface area contributed by atoms with Crippen molar-refractivity contribution in [3.8, 4) is 5.75 Å².